The van der Waals surface area contributed by atoms with E-state index in [2.05, 4.69) is 16.9 Å². The molecule has 1 N–H and O–H groups in total. The van der Waals surface area contributed by atoms with E-state index in [0.29, 0.717) is 13.0 Å². The van der Waals surface area contributed by atoms with E-state index in [-0.39, 0.29) is 5.91 Å². The standard InChI is InChI=1S/C9H13N3O/c1-3-4-11-9(13)7-8-10-5-6-12(8)2/h3,5-6H,1,4,7H2,2H3,(H,11,13). The van der Waals surface area contributed by atoms with E-state index in [1.165, 1.54) is 0 Å². The number of carbonyl (C=O) groups is 1. The highest BCUT2D eigenvalue weighted by Gasteiger charge is 2.05. The molecule has 1 heterocycles. The summed E-state index contributed by atoms with van der Waals surface area (Å²) < 4.78 is 1.83. The molecule has 1 aromatic heterocycles. The minimum Gasteiger partial charge on any atom is -0.352 e. The van der Waals surface area contributed by atoms with Crippen LogP contribution in [0.25, 0.3) is 0 Å². The maximum atomic E-state index is 11.2. The van der Waals surface area contributed by atoms with E-state index in [4.69, 9.17) is 0 Å². The number of nitrogens with zero attached hydrogens (tertiary/aromatic N) is 2. The van der Waals surface area contributed by atoms with Gasteiger partial charge in [-0.25, -0.2) is 4.98 Å². The van der Waals surface area contributed by atoms with E-state index in [1.54, 1.807) is 12.3 Å². The van der Waals surface area contributed by atoms with Gasteiger partial charge in [-0.3, -0.25) is 4.79 Å². The van der Waals surface area contributed by atoms with Crippen LogP contribution in [0.15, 0.2) is 25.0 Å². The third kappa shape index (κ3) is 2.74. The normalized spacial score (nSPS) is 9.62. The summed E-state index contributed by atoms with van der Waals surface area (Å²) in [4.78, 5) is 15.2. The maximum absolute atomic E-state index is 11.2. The van der Waals surface area contributed by atoms with Crippen molar-refractivity contribution in [2.24, 2.45) is 7.05 Å². The molecular weight excluding hydrogens is 166 g/mol. The van der Waals surface area contributed by atoms with E-state index >= 15 is 0 Å². The molecule has 0 aromatic carbocycles. The number of imidazole rings is 1. The molecule has 0 radical (unpaired) electrons. The van der Waals surface area contributed by atoms with E-state index in [0.717, 1.165) is 5.82 Å². The van der Waals surface area contributed by atoms with Crippen molar-refractivity contribution in [1.82, 2.24) is 14.9 Å². The largest absolute Gasteiger partial charge is 0.352 e. The van der Waals surface area contributed by atoms with Gasteiger partial charge in [0.2, 0.25) is 5.91 Å². The number of rotatable bonds is 4. The zero-order valence-electron chi connectivity index (χ0n) is 7.66. The van der Waals surface area contributed by atoms with Gasteiger partial charge >= 0.3 is 0 Å². The van der Waals surface area contributed by atoms with Crippen molar-refractivity contribution in [3.05, 3.63) is 30.9 Å². The lowest BCUT2D eigenvalue weighted by Crippen LogP contribution is -2.26. The lowest BCUT2D eigenvalue weighted by molar-refractivity contribution is -0.120. The van der Waals surface area contributed by atoms with E-state index in [1.807, 2.05) is 17.8 Å². The lowest BCUT2D eigenvalue weighted by atomic mass is 10.4. The quantitative estimate of drug-likeness (QED) is 0.674. The minimum atomic E-state index is -0.0331. The third-order valence-corrected chi connectivity index (χ3v) is 1.68. The Balaban J connectivity index is 2.45. The first kappa shape index (κ1) is 9.51. The molecule has 0 unspecified atom stereocenters. The van der Waals surface area contributed by atoms with Crippen molar-refractivity contribution in [3.8, 4) is 0 Å². The predicted molar refractivity (Wildman–Crippen MR) is 50.1 cm³/mol. The average Bonchev–Trinajstić information content (AvgIpc) is 2.48. The average molecular weight is 179 g/mol. The molecule has 0 aliphatic heterocycles. The van der Waals surface area contributed by atoms with Gasteiger partial charge in [0.1, 0.15) is 5.82 Å². The molecule has 0 atom stereocenters. The molecule has 0 aliphatic rings. The number of aromatic nitrogens is 2. The fraction of sp³-hybridized carbons (Fsp3) is 0.333. The van der Waals surface area contributed by atoms with Gasteiger partial charge in [0.05, 0.1) is 6.42 Å². The second kappa shape index (κ2) is 4.45. The fourth-order valence-corrected chi connectivity index (χ4v) is 0.959. The van der Waals surface area contributed by atoms with Gasteiger partial charge < -0.3 is 9.88 Å². The zero-order valence-corrected chi connectivity index (χ0v) is 7.66. The minimum absolute atomic E-state index is 0.0331. The molecule has 1 aromatic rings. The highest BCUT2D eigenvalue weighted by molar-refractivity contribution is 5.77. The van der Waals surface area contributed by atoms with Gasteiger partial charge in [-0.2, -0.15) is 0 Å². The van der Waals surface area contributed by atoms with Crippen molar-refractivity contribution in [1.29, 1.82) is 0 Å². The zero-order chi connectivity index (χ0) is 9.68. The van der Waals surface area contributed by atoms with E-state index < -0.39 is 0 Å². The van der Waals surface area contributed by atoms with Crippen LogP contribution < -0.4 is 5.32 Å². The first-order chi connectivity index (χ1) is 6.24. The molecule has 13 heavy (non-hydrogen) atoms. The molecule has 0 bridgehead atoms. The van der Waals surface area contributed by atoms with Crippen LogP contribution in [0.5, 0.6) is 0 Å². The summed E-state index contributed by atoms with van der Waals surface area (Å²) in [5.74, 6) is 0.732. The lowest BCUT2D eigenvalue weighted by Gasteiger charge is -2.01. The molecule has 1 rings (SSSR count). The van der Waals surface area contributed by atoms with Gasteiger partial charge in [-0.1, -0.05) is 6.08 Å². The second-order valence-corrected chi connectivity index (χ2v) is 2.72. The Hall–Kier alpha value is -1.58. The van der Waals surface area contributed by atoms with Crippen molar-refractivity contribution in [3.63, 3.8) is 0 Å². The highest BCUT2D eigenvalue weighted by atomic mass is 16.1. The number of hydrogen-bond donors (Lipinski definition) is 1. The number of nitrogens with one attached hydrogen (secondary N) is 1. The molecule has 0 fully saturated rings. The maximum Gasteiger partial charge on any atom is 0.227 e. The van der Waals surface area contributed by atoms with Gasteiger partial charge in [-0.05, 0) is 0 Å². The Kier molecular flexibility index (Phi) is 3.25. The molecule has 70 valence electrons. The van der Waals surface area contributed by atoms with Crippen LogP contribution in [-0.4, -0.2) is 22.0 Å². The summed E-state index contributed by atoms with van der Waals surface area (Å²) in [6, 6.07) is 0. The SMILES string of the molecule is C=CCNC(=O)Cc1nccn1C. The van der Waals surface area contributed by atoms with Crippen LogP contribution in [0.3, 0.4) is 0 Å². The van der Waals surface area contributed by atoms with Gasteiger partial charge in [0.15, 0.2) is 0 Å². The van der Waals surface area contributed by atoms with Gasteiger partial charge in [0, 0.05) is 26.0 Å². The summed E-state index contributed by atoms with van der Waals surface area (Å²) in [5.41, 5.74) is 0. The summed E-state index contributed by atoms with van der Waals surface area (Å²) in [6.07, 6.45) is 5.46. The second-order valence-electron chi connectivity index (χ2n) is 2.72. The smallest absolute Gasteiger partial charge is 0.227 e. The monoisotopic (exact) mass is 179 g/mol. The van der Waals surface area contributed by atoms with Crippen LogP contribution in [0.1, 0.15) is 5.82 Å². The third-order valence-electron chi connectivity index (χ3n) is 1.68. The van der Waals surface area contributed by atoms with E-state index in [9.17, 15) is 4.79 Å². The first-order valence-corrected chi connectivity index (χ1v) is 4.08. The number of carbonyl (C=O) groups excluding carboxylic acids is 1. The number of amides is 1. The summed E-state index contributed by atoms with van der Waals surface area (Å²) >= 11 is 0. The molecule has 1 amide bonds. The van der Waals surface area contributed by atoms with Gasteiger partial charge in [-0.15, -0.1) is 6.58 Å². The molecule has 0 saturated heterocycles. The predicted octanol–water partition coefficient (Wildman–Crippen LogP) is 0.265. The van der Waals surface area contributed by atoms with Crippen molar-refractivity contribution < 1.29 is 4.79 Å². The molecule has 0 aliphatic carbocycles. The molecule has 0 saturated carbocycles. The topological polar surface area (TPSA) is 46.9 Å². The van der Waals surface area contributed by atoms with Crippen LogP contribution in [0.2, 0.25) is 0 Å². The van der Waals surface area contributed by atoms with Gasteiger partial charge in [0.25, 0.3) is 0 Å². The fourth-order valence-electron chi connectivity index (χ4n) is 0.959. The Bertz CT molecular complexity index is 304. The molecular formula is C9H13N3O. The summed E-state index contributed by atoms with van der Waals surface area (Å²) in [6.45, 7) is 4.01. The first-order valence-electron chi connectivity index (χ1n) is 4.08. The van der Waals surface area contributed by atoms with Crippen LogP contribution in [-0.2, 0) is 18.3 Å². The van der Waals surface area contributed by atoms with Crippen LogP contribution in [0, 0.1) is 0 Å². The van der Waals surface area contributed by atoms with Crippen molar-refractivity contribution in [2.45, 2.75) is 6.42 Å². The van der Waals surface area contributed by atoms with Crippen LogP contribution >= 0.6 is 0 Å². The molecule has 4 nitrogen and oxygen atoms in total. The molecule has 0 spiro atoms. The molecule has 4 heteroatoms. The Labute approximate surface area is 77.3 Å². The Morgan fingerprint density at radius 1 is 1.85 bits per heavy atom. The Morgan fingerprint density at radius 2 is 2.62 bits per heavy atom. The summed E-state index contributed by atoms with van der Waals surface area (Å²) in [5, 5.41) is 2.69. The van der Waals surface area contributed by atoms with Crippen molar-refractivity contribution >= 4 is 5.91 Å². The Morgan fingerprint density at radius 3 is 3.15 bits per heavy atom. The number of hydrogen-bond acceptors (Lipinski definition) is 2. The summed E-state index contributed by atoms with van der Waals surface area (Å²) in [7, 11) is 1.86. The number of aryl methyl sites for hydroxylation is 1. The highest BCUT2D eigenvalue weighted by Crippen LogP contribution is 1.94. The van der Waals surface area contributed by atoms with Crippen molar-refractivity contribution in [2.75, 3.05) is 6.54 Å². The van der Waals surface area contributed by atoms with Crippen LogP contribution in [0.4, 0.5) is 0 Å².